The minimum absolute atomic E-state index is 0.0478. The Kier molecular flexibility index (Phi) is 3.19. The van der Waals surface area contributed by atoms with Gasteiger partial charge in [-0.2, -0.15) is 0 Å². The molecule has 0 aliphatic heterocycles. The number of nitrogens with zero attached hydrogens (tertiary/aromatic N) is 1. The number of nitrogens with one attached hydrogen (secondary N) is 2. The zero-order valence-corrected chi connectivity index (χ0v) is 10.0. The van der Waals surface area contributed by atoms with Crippen LogP contribution in [0, 0.1) is 17.0 Å². The molecule has 0 aliphatic rings. The number of carbonyl (C=O) groups is 1. The maximum atomic E-state index is 11.8. The van der Waals surface area contributed by atoms with Gasteiger partial charge in [-0.05, 0) is 24.6 Å². The number of aromatic hydroxyl groups is 1. The molecule has 0 spiro atoms. The van der Waals surface area contributed by atoms with Crippen LogP contribution >= 0.6 is 0 Å². The lowest BCUT2D eigenvalue weighted by atomic mass is 10.2. The molecule has 0 saturated carbocycles. The minimum Gasteiger partial charge on any atom is -0.506 e. The van der Waals surface area contributed by atoms with Gasteiger partial charge >= 0.3 is 0 Å². The number of amides is 1. The molecule has 0 aliphatic carbocycles. The van der Waals surface area contributed by atoms with E-state index in [-0.39, 0.29) is 22.8 Å². The molecule has 2 rings (SSSR count). The highest BCUT2D eigenvalue weighted by Crippen LogP contribution is 2.24. The Labute approximate surface area is 108 Å². The molecule has 19 heavy (non-hydrogen) atoms. The van der Waals surface area contributed by atoms with Gasteiger partial charge < -0.3 is 15.4 Å². The zero-order valence-electron chi connectivity index (χ0n) is 10.0. The number of hydrogen-bond donors (Lipinski definition) is 3. The number of carbonyl (C=O) groups excluding carboxylic acids is 1. The molecule has 1 amide bonds. The van der Waals surface area contributed by atoms with E-state index >= 15 is 0 Å². The van der Waals surface area contributed by atoms with Crippen LogP contribution in [0.3, 0.4) is 0 Å². The van der Waals surface area contributed by atoms with Crippen LogP contribution in [0.15, 0.2) is 30.5 Å². The Morgan fingerprint density at radius 1 is 1.42 bits per heavy atom. The number of phenolic OH excluding ortho intramolecular Hbond substituents is 1. The van der Waals surface area contributed by atoms with Crippen molar-refractivity contribution < 1.29 is 14.8 Å². The number of anilines is 1. The molecule has 0 atom stereocenters. The predicted molar refractivity (Wildman–Crippen MR) is 68.2 cm³/mol. The van der Waals surface area contributed by atoms with Crippen LogP contribution in [-0.2, 0) is 0 Å². The first kappa shape index (κ1) is 12.6. The third kappa shape index (κ3) is 2.71. The van der Waals surface area contributed by atoms with Crippen molar-refractivity contribution in [3.05, 3.63) is 51.8 Å². The van der Waals surface area contributed by atoms with E-state index in [0.29, 0.717) is 0 Å². The first-order valence-corrected chi connectivity index (χ1v) is 5.41. The molecule has 0 unspecified atom stereocenters. The first-order valence-electron chi connectivity index (χ1n) is 5.41. The van der Waals surface area contributed by atoms with Crippen molar-refractivity contribution in [2.24, 2.45) is 0 Å². The fourth-order valence-electron chi connectivity index (χ4n) is 1.56. The fourth-order valence-corrected chi connectivity index (χ4v) is 1.56. The summed E-state index contributed by atoms with van der Waals surface area (Å²) in [5.41, 5.74) is 0.948. The van der Waals surface area contributed by atoms with Crippen molar-refractivity contribution >= 4 is 17.3 Å². The second-order valence-electron chi connectivity index (χ2n) is 4.00. The number of benzene rings is 1. The van der Waals surface area contributed by atoms with E-state index < -0.39 is 10.8 Å². The average molecular weight is 261 g/mol. The summed E-state index contributed by atoms with van der Waals surface area (Å²) in [5, 5.41) is 22.6. The summed E-state index contributed by atoms with van der Waals surface area (Å²) < 4.78 is 0. The maximum Gasteiger partial charge on any atom is 0.287 e. The minimum atomic E-state index is -0.601. The molecule has 7 nitrogen and oxygen atoms in total. The molecule has 7 heteroatoms. The average Bonchev–Trinajstić information content (AvgIpc) is 2.82. The Morgan fingerprint density at radius 2 is 2.16 bits per heavy atom. The van der Waals surface area contributed by atoms with Crippen LogP contribution in [0.25, 0.3) is 0 Å². The van der Waals surface area contributed by atoms with Gasteiger partial charge in [-0.25, -0.2) is 0 Å². The van der Waals surface area contributed by atoms with E-state index in [4.69, 9.17) is 0 Å². The lowest BCUT2D eigenvalue weighted by molar-refractivity contribution is -0.384. The standard InChI is InChI=1S/C12H11N3O4/c1-7-2-3-9(11(16)4-7)14-12(17)10-5-8(6-13-10)15(18)19/h2-6,13,16H,1H3,(H,14,17). The van der Waals surface area contributed by atoms with Crippen LogP contribution in [0.4, 0.5) is 11.4 Å². The number of hydrogen-bond acceptors (Lipinski definition) is 4. The maximum absolute atomic E-state index is 11.8. The van der Waals surface area contributed by atoms with E-state index in [1.165, 1.54) is 6.07 Å². The summed E-state index contributed by atoms with van der Waals surface area (Å²) in [7, 11) is 0. The molecule has 3 N–H and O–H groups in total. The second kappa shape index (κ2) is 4.81. The number of H-pyrrole nitrogens is 1. The Morgan fingerprint density at radius 3 is 2.74 bits per heavy atom. The number of aromatic nitrogens is 1. The van der Waals surface area contributed by atoms with Gasteiger partial charge in [0.1, 0.15) is 11.4 Å². The van der Waals surface area contributed by atoms with Gasteiger partial charge in [-0.1, -0.05) is 6.07 Å². The number of aromatic amines is 1. The molecular weight excluding hydrogens is 250 g/mol. The molecule has 1 aromatic carbocycles. The van der Waals surface area contributed by atoms with Crippen molar-refractivity contribution in [3.8, 4) is 5.75 Å². The Bertz CT molecular complexity index is 648. The molecule has 1 heterocycles. The van der Waals surface area contributed by atoms with Gasteiger partial charge in [0, 0.05) is 6.07 Å². The summed E-state index contributed by atoms with van der Waals surface area (Å²) in [6, 6.07) is 5.92. The molecule has 1 aromatic heterocycles. The lowest BCUT2D eigenvalue weighted by Gasteiger charge is -2.06. The summed E-state index contributed by atoms with van der Waals surface area (Å²) >= 11 is 0. The normalized spacial score (nSPS) is 10.2. The molecule has 98 valence electrons. The summed E-state index contributed by atoms with van der Waals surface area (Å²) in [6.45, 7) is 1.81. The largest absolute Gasteiger partial charge is 0.506 e. The van der Waals surface area contributed by atoms with Gasteiger partial charge in [0.2, 0.25) is 0 Å². The van der Waals surface area contributed by atoms with E-state index in [2.05, 4.69) is 10.3 Å². The third-order valence-electron chi connectivity index (χ3n) is 2.52. The smallest absolute Gasteiger partial charge is 0.287 e. The molecular formula is C12H11N3O4. The van der Waals surface area contributed by atoms with Crippen LogP contribution in [0.2, 0.25) is 0 Å². The molecule has 0 fully saturated rings. The molecule has 0 bridgehead atoms. The Hall–Kier alpha value is -2.83. The first-order chi connectivity index (χ1) is 8.97. The molecule has 0 radical (unpaired) electrons. The highest BCUT2D eigenvalue weighted by molar-refractivity contribution is 6.04. The highest BCUT2D eigenvalue weighted by Gasteiger charge is 2.15. The topological polar surface area (TPSA) is 108 Å². The van der Waals surface area contributed by atoms with E-state index in [1.807, 2.05) is 0 Å². The monoisotopic (exact) mass is 261 g/mol. The lowest BCUT2D eigenvalue weighted by Crippen LogP contribution is -2.12. The SMILES string of the molecule is Cc1ccc(NC(=O)c2cc([N+](=O)[O-])c[nH]2)c(O)c1. The number of phenols is 1. The second-order valence-corrected chi connectivity index (χ2v) is 4.00. The van der Waals surface area contributed by atoms with Crippen LogP contribution in [-0.4, -0.2) is 20.9 Å². The summed E-state index contributed by atoms with van der Waals surface area (Å²) in [6.07, 6.45) is 1.13. The van der Waals surface area contributed by atoms with Gasteiger partial charge in [0.25, 0.3) is 11.6 Å². The molecule has 2 aromatic rings. The highest BCUT2D eigenvalue weighted by atomic mass is 16.6. The number of nitro groups is 1. The quantitative estimate of drug-likeness (QED) is 0.447. The number of aryl methyl sites for hydroxylation is 1. The van der Waals surface area contributed by atoms with Gasteiger partial charge in [0.05, 0.1) is 16.8 Å². The van der Waals surface area contributed by atoms with Gasteiger partial charge in [0.15, 0.2) is 0 Å². The third-order valence-corrected chi connectivity index (χ3v) is 2.52. The van der Waals surface area contributed by atoms with Crippen molar-refractivity contribution in [3.63, 3.8) is 0 Å². The fraction of sp³-hybridized carbons (Fsp3) is 0.0833. The van der Waals surface area contributed by atoms with Crippen LogP contribution in [0.1, 0.15) is 16.1 Å². The van der Waals surface area contributed by atoms with Crippen molar-refractivity contribution in [1.82, 2.24) is 4.98 Å². The van der Waals surface area contributed by atoms with Gasteiger partial charge in [-0.3, -0.25) is 14.9 Å². The van der Waals surface area contributed by atoms with Crippen molar-refractivity contribution in [2.75, 3.05) is 5.32 Å². The number of rotatable bonds is 3. The predicted octanol–water partition coefficient (Wildman–Crippen LogP) is 2.19. The summed E-state index contributed by atoms with van der Waals surface area (Å²) in [4.78, 5) is 24.2. The van der Waals surface area contributed by atoms with Crippen LogP contribution < -0.4 is 5.32 Å². The van der Waals surface area contributed by atoms with Crippen molar-refractivity contribution in [2.45, 2.75) is 6.92 Å². The molecule has 0 saturated heterocycles. The Balaban J connectivity index is 2.18. The van der Waals surface area contributed by atoms with E-state index in [0.717, 1.165) is 17.8 Å². The van der Waals surface area contributed by atoms with E-state index in [9.17, 15) is 20.0 Å². The van der Waals surface area contributed by atoms with E-state index in [1.54, 1.807) is 19.1 Å². The zero-order chi connectivity index (χ0) is 14.0. The van der Waals surface area contributed by atoms with Crippen LogP contribution in [0.5, 0.6) is 5.75 Å². The van der Waals surface area contributed by atoms with Gasteiger partial charge in [-0.15, -0.1) is 0 Å². The summed E-state index contributed by atoms with van der Waals surface area (Å²) in [5.74, 6) is -0.623. The van der Waals surface area contributed by atoms with Crippen molar-refractivity contribution in [1.29, 1.82) is 0 Å².